The molecule has 0 bridgehead atoms. The molecule has 3 nitrogen and oxygen atoms in total. The number of nitrogens with zero attached hydrogens (tertiary/aromatic N) is 1. The lowest BCUT2D eigenvalue weighted by molar-refractivity contribution is -0.131. The van der Waals surface area contributed by atoms with Gasteiger partial charge in [-0.25, -0.2) is 0 Å². The summed E-state index contributed by atoms with van der Waals surface area (Å²) in [4.78, 5) is 13.9. The second kappa shape index (κ2) is 5.85. The van der Waals surface area contributed by atoms with E-state index in [1.54, 1.807) is 0 Å². The Bertz CT molecular complexity index is 261. The molecule has 2 atom stereocenters. The second-order valence-electron chi connectivity index (χ2n) is 5.86. The molecule has 2 aliphatic rings. The van der Waals surface area contributed by atoms with Crippen molar-refractivity contribution in [1.29, 1.82) is 0 Å². The van der Waals surface area contributed by atoms with E-state index >= 15 is 0 Å². The molecule has 98 valence electrons. The van der Waals surface area contributed by atoms with Crippen molar-refractivity contribution in [3.05, 3.63) is 0 Å². The summed E-state index contributed by atoms with van der Waals surface area (Å²) in [7, 11) is 0. The number of aliphatic hydroxyl groups excluding tert-OH is 1. The van der Waals surface area contributed by atoms with Crippen LogP contribution in [-0.4, -0.2) is 35.1 Å². The van der Waals surface area contributed by atoms with Crippen molar-refractivity contribution in [3.8, 4) is 0 Å². The summed E-state index contributed by atoms with van der Waals surface area (Å²) in [6.45, 7) is 3.52. The fraction of sp³-hybridized carbons (Fsp3) is 0.929. The van der Waals surface area contributed by atoms with Crippen LogP contribution in [0.15, 0.2) is 0 Å². The highest BCUT2D eigenvalue weighted by molar-refractivity contribution is 5.76. The maximum Gasteiger partial charge on any atom is 0.222 e. The zero-order valence-corrected chi connectivity index (χ0v) is 10.9. The maximum absolute atomic E-state index is 12.1. The summed E-state index contributed by atoms with van der Waals surface area (Å²) in [6, 6.07) is 0. The molecule has 1 amide bonds. The van der Waals surface area contributed by atoms with Gasteiger partial charge in [0.05, 0.1) is 6.10 Å². The summed E-state index contributed by atoms with van der Waals surface area (Å²) in [5.41, 5.74) is 0. The van der Waals surface area contributed by atoms with Crippen LogP contribution in [-0.2, 0) is 4.79 Å². The minimum Gasteiger partial charge on any atom is -0.391 e. The van der Waals surface area contributed by atoms with Gasteiger partial charge < -0.3 is 10.0 Å². The Morgan fingerprint density at radius 1 is 1.29 bits per heavy atom. The summed E-state index contributed by atoms with van der Waals surface area (Å²) >= 11 is 0. The van der Waals surface area contributed by atoms with E-state index < -0.39 is 0 Å². The average molecular weight is 239 g/mol. The molecule has 1 aliphatic carbocycles. The second-order valence-corrected chi connectivity index (χ2v) is 5.86. The smallest absolute Gasteiger partial charge is 0.222 e. The normalized spacial score (nSPS) is 28.4. The molecule has 1 unspecified atom stereocenters. The van der Waals surface area contributed by atoms with Gasteiger partial charge in [0.25, 0.3) is 0 Å². The zero-order chi connectivity index (χ0) is 12.3. The van der Waals surface area contributed by atoms with E-state index in [9.17, 15) is 9.90 Å². The summed E-state index contributed by atoms with van der Waals surface area (Å²) in [5.74, 6) is 1.51. The fourth-order valence-electron chi connectivity index (χ4n) is 3.24. The quantitative estimate of drug-likeness (QED) is 0.820. The minimum absolute atomic E-state index is 0.250. The molecule has 1 N–H and O–H groups in total. The van der Waals surface area contributed by atoms with Crippen LogP contribution in [0.2, 0.25) is 0 Å². The molecule has 1 aliphatic heterocycles. The molecule has 17 heavy (non-hydrogen) atoms. The molecule has 3 heteroatoms. The molecular weight excluding hydrogens is 214 g/mol. The molecular formula is C14H25NO2. The Morgan fingerprint density at radius 2 is 2.00 bits per heavy atom. The van der Waals surface area contributed by atoms with Crippen LogP contribution in [0.3, 0.4) is 0 Å². The van der Waals surface area contributed by atoms with Crippen LogP contribution < -0.4 is 0 Å². The van der Waals surface area contributed by atoms with Crippen molar-refractivity contribution >= 4 is 5.91 Å². The van der Waals surface area contributed by atoms with Gasteiger partial charge in [-0.05, 0) is 18.3 Å². The fourth-order valence-corrected chi connectivity index (χ4v) is 3.24. The topological polar surface area (TPSA) is 40.5 Å². The summed E-state index contributed by atoms with van der Waals surface area (Å²) in [5, 5.41) is 9.44. The van der Waals surface area contributed by atoms with Crippen molar-refractivity contribution in [2.75, 3.05) is 13.1 Å². The van der Waals surface area contributed by atoms with Crippen molar-refractivity contribution in [3.63, 3.8) is 0 Å². The monoisotopic (exact) mass is 239 g/mol. The van der Waals surface area contributed by atoms with Crippen LogP contribution in [0.1, 0.15) is 51.9 Å². The molecule has 2 fully saturated rings. The van der Waals surface area contributed by atoms with Gasteiger partial charge in [0, 0.05) is 19.5 Å². The van der Waals surface area contributed by atoms with Gasteiger partial charge in [-0.15, -0.1) is 0 Å². The lowest BCUT2D eigenvalue weighted by Gasteiger charge is -2.28. The van der Waals surface area contributed by atoms with Crippen LogP contribution in [0.5, 0.6) is 0 Å². The van der Waals surface area contributed by atoms with Crippen LogP contribution >= 0.6 is 0 Å². The lowest BCUT2D eigenvalue weighted by atomic mass is 9.79. The first-order chi connectivity index (χ1) is 8.16. The highest BCUT2D eigenvalue weighted by Crippen LogP contribution is 2.32. The third kappa shape index (κ3) is 3.44. The standard InChI is InChI=1S/C14H25NO2/c1-11(12-5-3-2-4-6-12)9-14(17)15-8-7-13(16)10-15/h11-13,16H,2-10H2,1H3/t11?,13-/m0/s1. The first-order valence-corrected chi connectivity index (χ1v) is 7.12. The molecule has 0 spiro atoms. The van der Waals surface area contributed by atoms with E-state index in [0.29, 0.717) is 18.9 Å². The van der Waals surface area contributed by atoms with E-state index in [1.165, 1.54) is 32.1 Å². The van der Waals surface area contributed by atoms with Crippen LogP contribution in [0.25, 0.3) is 0 Å². The van der Waals surface area contributed by atoms with Gasteiger partial charge in [0.15, 0.2) is 0 Å². The number of hydrogen-bond donors (Lipinski definition) is 1. The SMILES string of the molecule is CC(CC(=O)N1CC[C@H](O)C1)C1CCCCC1. The number of likely N-dealkylation sites (tertiary alicyclic amines) is 1. The largest absolute Gasteiger partial charge is 0.391 e. The van der Waals surface area contributed by atoms with Crippen LogP contribution in [0.4, 0.5) is 0 Å². The molecule has 1 saturated carbocycles. The Labute approximate surface area is 104 Å². The molecule has 0 aromatic carbocycles. The van der Waals surface area contributed by atoms with Gasteiger partial charge in [0.2, 0.25) is 5.91 Å². The van der Waals surface area contributed by atoms with Gasteiger partial charge in [-0.1, -0.05) is 39.0 Å². The predicted octanol–water partition coefficient (Wildman–Crippen LogP) is 2.19. The van der Waals surface area contributed by atoms with Crippen LogP contribution in [0, 0.1) is 11.8 Å². The molecule has 1 saturated heterocycles. The van der Waals surface area contributed by atoms with E-state index in [-0.39, 0.29) is 12.0 Å². The third-order valence-corrected chi connectivity index (χ3v) is 4.47. The Hall–Kier alpha value is -0.570. The zero-order valence-electron chi connectivity index (χ0n) is 10.9. The number of carbonyl (C=O) groups excluding carboxylic acids is 1. The average Bonchev–Trinajstić information content (AvgIpc) is 2.77. The van der Waals surface area contributed by atoms with E-state index in [4.69, 9.17) is 0 Å². The number of hydrogen-bond acceptors (Lipinski definition) is 2. The Kier molecular flexibility index (Phi) is 4.43. The number of amides is 1. The summed E-state index contributed by atoms with van der Waals surface area (Å²) < 4.78 is 0. The Balaban J connectivity index is 1.77. The number of aliphatic hydroxyl groups is 1. The van der Waals surface area contributed by atoms with E-state index in [1.807, 2.05) is 4.90 Å². The van der Waals surface area contributed by atoms with Crippen molar-refractivity contribution < 1.29 is 9.90 Å². The number of rotatable bonds is 3. The predicted molar refractivity (Wildman–Crippen MR) is 67.6 cm³/mol. The van der Waals surface area contributed by atoms with Crippen molar-refractivity contribution in [2.45, 2.75) is 58.0 Å². The highest BCUT2D eigenvalue weighted by atomic mass is 16.3. The molecule has 1 heterocycles. The van der Waals surface area contributed by atoms with Gasteiger partial charge in [0.1, 0.15) is 0 Å². The molecule has 0 radical (unpaired) electrons. The van der Waals surface area contributed by atoms with Crippen molar-refractivity contribution in [2.24, 2.45) is 11.8 Å². The minimum atomic E-state index is -0.288. The Morgan fingerprint density at radius 3 is 2.59 bits per heavy atom. The maximum atomic E-state index is 12.1. The molecule has 2 rings (SSSR count). The highest BCUT2D eigenvalue weighted by Gasteiger charge is 2.28. The van der Waals surface area contributed by atoms with Gasteiger partial charge >= 0.3 is 0 Å². The molecule has 0 aromatic rings. The van der Waals surface area contributed by atoms with Gasteiger partial charge in [-0.3, -0.25) is 4.79 Å². The van der Waals surface area contributed by atoms with E-state index in [2.05, 4.69) is 6.92 Å². The first-order valence-electron chi connectivity index (χ1n) is 7.12. The summed E-state index contributed by atoms with van der Waals surface area (Å²) in [6.07, 6.45) is 7.80. The lowest BCUT2D eigenvalue weighted by Crippen LogP contribution is -2.32. The van der Waals surface area contributed by atoms with Gasteiger partial charge in [-0.2, -0.15) is 0 Å². The molecule has 0 aromatic heterocycles. The number of carbonyl (C=O) groups is 1. The third-order valence-electron chi connectivity index (χ3n) is 4.47. The van der Waals surface area contributed by atoms with Crippen molar-refractivity contribution in [1.82, 2.24) is 4.90 Å². The van der Waals surface area contributed by atoms with E-state index in [0.717, 1.165) is 18.9 Å². The first kappa shape index (κ1) is 12.9. The number of β-amino-alcohol motifs (C(OH)–C–C–N with tert-alkyl or cyclic N) is 1.